The van der Waals surface area contributed by atoms with Gasteiger partial charge in [-0.05, 0) is 50.5 Å². The molecule has 2 amide bonds. The van der Waals surface area contributed by atoms with Gasteiger partial charge in [0.15, 0.2) is 0 Å². The number of hydrogen-bond acceptors (Lipinski definition) is 4. The third kappa shape index (κ3) is 4.11. The molecule has 1 fully saturated rings. The van der Waals surface area contributed by atoms with Gasteiger partial charge in [-0.3, -0.25) is 9.59 Å². The summed E-state index contributed by atoms with van der Waals surface area (Å²) in [5.74, 6) is 0.609. The molecule has 0 aliphatic carbocycles. The summed E-state index contributed by atoms with van der Waals surface area (Å²) in [7, 11) is 1.58. The second-order valence-corrected chi connectivity index (χ2v) is 7.16. The highest BCUT2D eigenvalue weighted by atomic mass is 16.5. The maximum absolute atomic E-state index is 12.6. The van der Waals surface area contributed by atoms with E-state index in [0.29, 0.717) is 18.7 Å². The average molecular weight is 381 g/mol. The molecule has 1 aliphatic rings. The first-order valence-electron chi connectivity index (χ1n) is 9.52. The van der Waals surface area contributed by atoms with Gasteiger partial charge in [0.25, 0.3) is 0 Å². The first kappa shape index (κ1) is 19.7. The van der Waals surface area contributed by atoms with Crippen molar-refractivity contribution in [3.8, 4) is 5.75 Å². The van der Waals surface area contributed by atoms with E-state index in [9.17, 15) is 9.59 Å². The Morgan fingerprint density at radius 2 is 1.89 bits per heavy atom. The Hall–Kier alpha value is -3.02. The maximum atomic E-state index is 12.6. The Morgan fingerprint density at radius 1 is 1.18 bits per heavy atom. The first-order valence-corrected chi connectivity index (χ1v) is 9.52. The molecule has 28 heavy (non-hydrogen) atoms. The van der Waals surface area contributed by atoms with E-state index in [4.69, 9.17) is 4.74 Å². The molecule has 6 heteroatoms. The monoisotopic (exact) mass is 381 g/mol. The van der Waals surface area contributed by atoms with E-state index >= 15 is 0 Å². The van der Waals surface area contributed by atoms with Gasteiger partial charge in [-0.1, -0.05) is 18.2 Å². The van der Waals surface area contributed by atoms with E-state index in [-0.39, 0.29) is 11.8 Å². The molecule has 0 spiro atoms. The Bertz CT molecular complexity index is 874. The molecule has 2 aromatic carbocycles. The minimum atomic E-state index is -0.442. The van der Waals surface area contributed by atoms with Crippen LogP contribution in [0, 0.1) is 13.8 Å². The van der Waals surface area contributed by atoms with E-state index in [0.717, 1.165) is 34.6 Å². The fraction of sp³-hybridized carbons (Fsp3) is 0.364. The number of rotatable bonds is 6. The van der Waals surface area contributed by atoms with E-state index in [1.807, 2.05) is 57.2 Å². The van der Waals surface area contributed by atoms with Crippen LogP contribution in [0.15, 0.2) is 36.4 Å². The Kier molecular flexibility index (Phi) is 5.87. The van der Waals surface area contributed by atoms with Gasteiger partial charge < -0.3 is 20.3 Å². The minimum Gasteiger partial charge on any atom is -0.494 e. The molecule has 1 aliphatic heterocycles. The summed E-state index contributed by atoms with van der Waals surface area (Å²) < 4.78 is 5.48. The predicted octanol–water partition coefficient (Wildman–Crippen LogP) is 3.88. The fourth-order valence-electron chi connectivity index (χ4n) is 3.45. The SMILES string of the molecule is COc1cc(NC(C)C(=O)Nc2c(C)cccc2C)ccc1N1CCCC1=O. The number of carbonyl (C=O) groups is 2. The Labute approximate surface area is 165 Å². The van der Waals surface area contributed by atoms with Gasteiger partial charge in [0, 0.05) is 30.4 Å². The highest BCUT2D eigenvalue weighted by Gasteiger charge is 2.25. The van der Waals surface area contributed by atoms with Gasteiger partial charge in [-0.2, -0.15) is 0 Å². The number of ether oxygens (including phenoxy) is 1. The van der Waals surface area contributed by atoms with Gasteiger partial charge in [-0.15, -0.1) is 0 Å². The topological polar surface area (TPSA) is 70.7 Å². The molecule has 2 aromatic rings. The third-order valence-corrected chi connectivity index (χ3v) is 5.05. The molecule has 0 bridgehead atoms. The standard InChI is InChI=1S/C22H27N3O3/c1-14-7-5-8-15(2)21(14)24-22(27)16(3)23-17-10-11-18(19(13-17)28-4)25-12-6-9-20(25)26/h5,7-8,10-11,13,16,23H,6,9,12H2,1-4H3,(H,24,27). The summed E-state index contributed by atoms with van der Waals surface area (Å²) in [6, 6.07) is 11.0. The van der Waals surface area contributed by atoms with E-state index in [1.54, 1.807) is 12.0 Å². The number of aryl methyl sites for hydroxylation is 2. The molecule has 6 nitrogen and oxygen atoms in total. The van der Waals surface area contributed by atoms with Gasteiger partial charge in [-0.25, -0.2) is 0 Å². The number of amides is 2. The lowest BCUT2D eigenvalue weighted by atomic mass is 10.1. The lowest BCUT2D eigenvalue weighted by Crippen LogP contribution is -2.32. The summed E-state index contributed by atoms with van der Waals surface area (Å²) in [6.07, 6.45) is 1.43. The minimum absolute atomic E-state index is 0.111. The van der Waals surface area contributed by atoms with Gasteiger partial charge in [0.1, 0.15) is 11.8 Å². The number of methoxy groups -OCH3 is 1. The normalized spacial score (nSPS) is 14.7. The van der Waals surface area contributed by atoms with E-state index in [1.165, 1.54) is 0 Å². The van der Waals surface area contributed by atoms with Crippen LogP contribution < -0.4 is 20.3 Å². The van der Waals surface area contributed by atoms with Crippen LogP contribution in [0.1, 0.15) is 30.9 Å². The van der Waals surface area contributed by atoms with Crippen LogP contribution in [-0.2, 0) is 9.59 Å². The molecule has 0 radical (unpaired) electrons. The highest BCUT2D eigenvalue weighted by molar-refractivity contribution is 5.98. The molecule has 1 saturated heterocycles. The number of para-hydroxylation sites is 1. The van der Waals surface area contributed by atoms with Crippen LogP contribution in [-0.4, -0.2) is 31.5 Å². The smallest absolute Gasteiger partial charge is 0.246 e. The number of hydrogen-bond donors (Lipinski definition) is 2. The summed E-state index contributed by atoms with van der Waals surface area (Å²) in [4.78, 5) is 26.4. The van der Waals surface area contributed by atoms with Crippen LogP contribution in [0.25, 0.3) is 0 Å². The zero-order valence-corrected chi connectivity index (χ0v) is 16.8. The first-order chi connectivity index (χ1) is 13.4. The van der Waals surface area contributed by atoms with Crippen molar-refractivity contribution in [3.05, 3.63) is 47.5 Å². The zero-order chi connectivity index (χ0) is 20.3. The summed E-state index contributed by atoms with van der Waals surface area (Å²) >= 11 is 0. The van der Waals surface area contributed by atoms with Crippen LogP contribution in [0.5, 0.6) is 5.75 Å². The van der Waals surface area contributed by atoms with Gasteiger partial charge >= 0.3 is 0 Å². The van der Waals surface area contributed by atoms with Gasteiger partial charge in [0.2, 0.25) is 11.8 Å². The van der Waals surface area contributed by atoms with Crippen molar-refractivity contribution in [3.63, 3.8) is 0 Å². The number of benzene rings is 2. The number of nitrogens with zero attached hydrogens (tertiary/aromatic N) is 1. The van der Waals surface area contributed by atoms with E-state index in [2.05, 4.69) is 10.6 Å². The summed E-state index contributed by atoms with van der Waals surface area (Å²) in [5, 5.41) is 6.21. The Morgan fingerprint density at radius 3 is 2.50 bits per heavy atom. The quantitative estimate of drug-likeness (QED) is 0.797. The van der Waals surface area contributed by atoms with Crippen molar-refractivity contribution in [1.82, 2.24) is 0 Å². The third-order valence-electron chi connectivity index (χ3n) is 5.05. The number of anilines is 3. The lowest BCUT2D eigenvalue weighted by molar-refractivity contribution is -0.117. The second kappa shape index (κ2) is 8.33. The van der Waals surface area contributed by atoms with Crippen molar-refractivity contribution in [2.75, 3.05) is 29.2 Å². The molecule has 1 unspecified atom stereocenters. The zero-order valence-electron chi connectivity index (χ0n) is 16.8. The van der Waals surface area contributed by atoms with Crippen molar-refractivity contribution >= 4 is 28.9 Å². The molecule has 3 rings (SSSR count). The summed E-state index contributed by atoms with van der Waals surface area (Å²) in [5.41, 5.74) is 4.44. The largest absolute Gasteiger partial charge is 0.494 e. The fourth-order valence-corrected chi connectivity index (χ4v) is 3.45. The molecular formula is C22H27N3O3. The highest BCUT2D eigenvalue weighted by Crippen LogP contribution is 2.34. The van der Waals surface area contributed by atoms with Crippen LogP contribution in [0.4, 0.5) is 17.1 Å². The predicted molar refractivity (Wildman–Crippen MR) is 112 cm³/mol. The average Bonchev–Trinajstić information content (AvgIpc) is 3.10. The van der Waals surface area contributed by atoms with Crippen molar-refractivity contribution in [2.45, 2.75) is 39.7 Å². The van der Waals surface area contributed by atoms with Crippen molar-refractivity contribution < 1.29 is 14.3 Å². The lowest BCUT2D eigenvalue weighted by Gasteiger charge is -2.21. The molecule has 0 aromatic heterocycles. The molecule has 148 valence electrons. The molecular weight excluding hydrogens is 354 g/mol. The van der Waals surface area contributed by atoms with Crippen LogP contribution in [0.3, 0.4) is 0 Å². The number of carbonyl (C=O) groups excluding carboxylic acids is 2. The molecule has 1 heterocycles. The van der Waals surface area contributed by atoms with Crippen LogP contribution >= 0.6 is 0 Å². The van der Waals surface area contributed by atoms with Crippen molar-refractivity contribution in [1.29, 1.82) is 0 Å². The second-order valence-electron chi connectivity index (χ2n) is 7.16. The molecule has 1 atom stereocenters. The van der Waals surface area contributed by atoms with E-state index < -0.39 is 6.04 Å². The van der Waals surface area contributed by atoms with Gasteiger partial charge in [0.05, 0.1) is 12.8 Å². The molecule has 2 N–H and O–H groups in total. The summed E-state index contributed by atoms with van der Waals surface area (Å²) in [6.45, 7) is 6.47. The van der Waals surface area contributed by atoms with Crippen LogP contribution in [0.2, 0.25) is 0 Å². The van der Waals surface area contributed by atoms with Crippen molar-refractivity contribution in [2.24, 2.45) is 0 Å². The molecule has 0 saturated carbocycles. The maximum Gasteiger partial charge on any atom is 0.246 e. The number of nitrogens with one attached hydrogen (secondary N) is 2. The Balaban J connectivity index is 1.72.